The lowest BCUT2D eigenvalue weighted by molar-refractivity contribution is 0.415. The zero-order valence-corrected chi connectivity index (χ0v) is 13.8. The molecule has 0 saturated carbocycles. The Kier molecular flexibility index (Phi) is 3.99. The van der Waals surface area contributed by atoms with Crippen molar-refractivity contribution in [1.82, 2.24) is 15.2 Å². The first-order chi connectivity index (χ1) is 11.8. The van der Waals surface area contributed by atoms with E-state index in [2.05, 4.69) is 32.2 Å². The molecular weight excluding hydrogens is 300 g/mol. The van der Waals surface area contributed by atoms with Crippen LogP contribution in [-0.4, -0.2) is 35.4 Å². The molecule has 5 heteroatoms. The molecule has 1 fully saturated rings. The van der Waals surface area contributed by atoms with Crippen LogP contribution in [-0.2, 0) is 6.42 Å². The molecule has 122 valence electrons. The van der Waals surface area contributed by atoms with E-state index < -0.39 is 0 Å². The number of methoxy groups -OCH3 is 1. The lowest BCUT2D eigenvalue weighted by Gasteiger charge is -2.19. The summed E-state index contributed by atoms with van der Waals surface area (Å²) in [6.07, 6.45) is 6.80. The molecule has 0 unspecified atom stereocenters. The van der Waals surface area contributed by atoms with Crippen LogP contribution in [0.4, 0.5) is 5.82 Å². The second-order valence-electron chi connectivity index (χ2n) is 6.11. The van der Waals surface area contributed by atoms with Crippen molar-refractivity contribution >= 4 is 16.6 Å². The van der Waals surface area contributed by atoms with Gasteiger partial charge in [0.1, 0.15) is 5.75 Å². The third-order valence-electron chi connectivity index (χ3n) is 4.57. The second kappa shape index (κ2) is 6.43. The number of hydrogen-bond donors (Lipinski definition) is 0. The van der Waals surface area contributed by atoms with Crippen molar-refractivity contribution in [2.45, 2.75) is 19.3 Å². The highest BCUT2D eigenvalue weighted by Crippen LogP contribution is 2.31. The van der Waals surface area contributed by atoms with E-state index in [9.17, 15) is 0 Å². The summed E-state index contributed by atoms with van der Waals surface area (Å²) >= 11 is 0. The molecule has 24 heavy (non-hydrogen) atoms. The molecule has 1 aromatic carbocycles. The number of pyridine rings is 1. The molecule has 3 aromatic rings. The van der Waals surface area contributed by atoms with E-state index in [0.717, 1.165) is 47.5 Å². The molecule has 0 amide bonds. The summed E-state index contributed by atoms with van der Waals surface area (Å²) < 4.78 is 5.42. The van der Waals surface area contributed by atoms with Gasteiger partial charge in [0, 0.05) is 42.7 Å². The largest absolute Gasteiger partial charge is 0.497 e. The summed E-state index contributed by atoms with van der Waals surface area (Å²) in [5, 5.41) is 11.4. The summed E-state index contributed by atoms with van der Waals surface area (Å²) in [7, 11) is 1.70. The Morgan fingerprint density at radius 3 is 2.54 bits per heavy atom. The van der Waals surface area contributed by atoms with Crippen LogP contribution in [0.15, 0.2) is 42.7 Å². The molecule has 2 aromatic heterocycles. The van der Waals surface area contributed by atoms with Crippen LogP contribution in [0.5, 0.6) is 5.75 Å². The summed E-state index contributed by atoms with van der Waals surface area (Å²) in [4.78, 5) is 6.40. The monoisotopic (exact) mass is 320 g/mol. The van der Waals surface area contributed by atoms with Gasteiger partial charge in [-0.15, -0.1) is 5.10 Å². The van der Waals surface area contributed by atoms with E-state index in [1.54, 1.807) is 7.11 Å². The van der Waals surface area contributed by atoms with E-state index in [4.69, 9.17) is 4.74 Å². The van der Waals surface area contributed by atoms with E-state index in [-0.39, 0.29) is 0 Å². The molecule has 1 saturated heterocycles. The number of anilines is 1. The average molecular weight is 320 g/mol. The Hall–Kier alpha value is -2.69. The molecule has 1 aliphatic heterocycles. The first-order valence-electron chi connectivity index (χ1n) is 8.32. The van der Waals surface area contributed by atoms with Crippen molar-refractivity contribution < 1.29 is 4.74 Å². The van der Waals surface area contributed by atoms with Crippen LogP contribution < -0.4 is 9.64 Å². The van der Waals surface area contributed by atoms with E-state index >= 15 is 0 Å². The van der Waals surface area contributed by atoms with Gasteiger partial charge in [-0.1, -0.05) is 0 Å². The predicted molar refractivity (Wildman–Crippen MR) is 94.6 cm³/mol. The maximum Gasteiger partial charge on any atom is 0.159 e. The molecule has 5 nitrogen and oxygen atoms in total. The zero-order valence-electron chi connectivity index (χ0n) is 13.8. The van der Waals surface area contributed by atoms with Gasteiger partial charge < -0.3 is 9.64 Å². The average Bonchev–Trinajstić information content (AvgIpc) is 3.17. The Bertz CT molecular complexity index is 845. The molecule has 0 aliphatic carbocycles. The fourth-order valence-corrected chi connectivity index (χ4v) is 3.29. The van der Waals surface area contributed by atoms with Gasteiger partial charge in [0.25, 0.3) is 0 Å². The number of fused-ring (bicyclic) bond motifs is 1. The summed E-state index contributed by atoms with van der Waals surface area (Å²) in [6, 6.07) is 10.2. The summed E-state index contributed by atoms with van der Waals surface area (Å²) in [5.74, 6) is 1.82. The topological polar surface area (TPSA) is 51.1 Å². The maximum atomic E-state index is 5.42. The molecular formula is C19H20N4O. The minimum atomic E-state index is 0.749. The number of ether oxygens (including phenoxy) is 1. The molecule has 0 bridgehead atoms. The van der Waals surface area contributed by atoms with Crippen LogP contribution in [0, 0.1) is 0 Å². The minimum absolute atomic E-state index is 0.749. The fraction of sp³-hybridized carbons (Fsp3) is 0.316. The third-order valence-corrected chi connectivity index (χ3v) is 4.57. The van der Waals surface area contributed by atoms with Crippen molar-refractivity contribution in [3.63, 3.8) is 0 Å². The number of benzene rings is 1. The van der Waals surface area contributed by atoms with Gasteiger partial charge in [0.2, 0.25) is 0 Å². The summed E-state index contributed by atoms with van der Waals surface area (Å²) in [5.41, 5.74) is 2.17. The number of nitrogens with zero attached hydrogens (tertiary/aromatic N) is 4. The van der Waals surface area contributed by atoms with Crippen LogP contribution in [0.25, 0.3) is 10.8 Å². The van der Waals surface area contributed by atoms with Gasteiger partial charge in [-0.05, 0) is 48.7 Å². The van der Waals surface area contributed by atoms with Gasteiger partial charge in [-0.2, -0.15) is 5.10 Å². The first-order valence-corrected chi connectivity index (χ1v) is 8.32. The van der Waals surface area contributed by atoms with Crippen molar-refractivity contribution in [3.8, 4) is 5.75 Å². The van der Waals surface area contributed by atoms with E-state index in [0.29, 0.717) is 0 Å². The van der Waals surface area contributed by atoms with Crippen LogP contribution in [0.2, 0.25) is 0 Å². The van der Waals surface area contributed by atoms with Crippen molar-refractivity contribution in [1.29, 1.82) is 0 Å². The van der Waals surface area contributed by atoms with E-state index in [1.165, 1.54) is 18.4 Å². The Morgan fingerprint density at radius 2 is 1.79 bits per heavy atom. The van der Waals surface area contributed by atoms with Crippen LogP contribution >= 0.6 is 0 Å². The molecule has 1 aliphatic rings. The third kappa shape index (κ3) is 2.77. The Balaban J connectivity index is 1.82. The highest BCUT2D eigenvalue weighted by Gasteiger charge is 2.19. The normalized spacial score (nSPS) is 14.3. The molecule has 0 N–H and O–H groups in total. The second-order valence-corrected chi connectivity index (χ2v) is 6.11. The van der Waals surface area contributed by atoms with Gasteiger partial charge in [0.15, 0.2) is 5.82 Å². The summed E-state index contributed by atoms with van der Waals surface area (Å²) in [6.45, 7) is 2.09. The van der Waals surface area contributed by atoms with Crippen LogP contribution in [0.3, 0.4) is 0 Å². The van der Waals surface area contributed by atoms with Crippen molar-refractivity contribution in [2.24, 2.45) is 0 Å². The quantitative estimate of drug-likeness (QED) is 0.739. The standard InChI is InChI=1S/C19H20N4O/c1-24-15-4-5-16-17(13-15)19(23-10-2-3-11-23)22-21-18(16)12-14-6-8-20-9-7-14/h4-9,13H,2-3,10-12H2,1H3. The van der Waals surface area contributed by atoms with Crippen molar-refractivity contribution in [3.05, 3.63) is 54.0 Å². The highest BCUT2D eigenvalue weighted by molar-refractivity contribution is 5.94. The van der Waals surface area contributed by atoms with Gasteiger partial charge in [-0.25, -0.2) is 0 Å². The SMILES string of the molecule is COc1ccc2c(Cc3ccncc3)nnc(N3CCCC3)c2c1. The lowest BCUT2D eigenvalue weighted by atomic mass is 10.0. The molecule has 0 radical (unpaired) electrons. The van der Waals surface area contributed by atoms with E-state index in [1.807, 2.05) is 30.6 Å². The Labute approximate surface area is 141 Å². The van der Waals surface area contributed by atoms with Gasteiger partial charge in [0.05, 0.1) is 12.8 Å². The van der Waals surface area contributed by atoms with Gasteiger partial charge >= 0.3 is 0 Å². The molecule has 0 spiro atoms. The number of rotatable bonds is 4. The number of hydrogen-bond acceptors (Lipinski definition) is 5. The molecule has 3 heterocycles. The smallest absolute Gasteiger partial charge is 0.159 e. The fourth-order valence-electron chi connectivity index (χ4n) is 3.29. The van der Waals surface area contributed by atoms with Gasteiger partial charge in [-0.3, -0.25) is 4.98 Å². The highest BCUT2D eigenvalue weighted by atomic mass is 16.5. The van der Waals surface area contributed by atoms with Crippen molar-refractivity contribution in [2.75, 3.05) is 25.1 Å². The number of aromatic nitrogens is 3. The lowest BCUT2D eigenvalue weighted by Crippen LogP contribution is -2.20. The first kappa shape index (κ1) is 14.9. The Morgan fingerprint density at radius 1 is 1.00 bits per heavy atom. The minimum Gasteiger partial charge on any atom is -0.497 e. The molecule has 0 atom stereocenters. The predicted octanol–water partition coefficient (Wildman–Crippen LogP) is 3.22. The zero-order chi connectivity index (χ0) is 16.4. The molecule has 4 rings (SSSR count). The van der Waals surface area contributed by atoms with Crippen LogP contribution in [0.1, 0.15) is 24.1 Å². The maximum absolute atomic E-state index is 5.42.